The Kier molecular flexibility index (Phi) is 8.94. The summed E-state index contributed by atoms with van der Waals surface area (Å²) in [5.74, 6) is -1.42. The van der Waals surface area contributed by atoms with Crippen LogP contribution >= 0.6 is 30.1 Å². The van der Waals surface area contributed by atoms with E-state index in [0.29, 0.717) is 18.6 Å². The molecule has 9 heteroatoms. The lowest BCUT2D eigenvalue weighted by Gasteiger charge is -2.31. The van der Waals surface area contributed by atoms with Crippen LogP contribution in [0, 0.1) is 5.41 Å². The van der Waals surface area contributed by atoms with E-state index >= 15 is 0 Å². The lowest BCUT2D eigenvalue weighted by molar-refractivity contribution is -0.152. The van der Waals surface area contributed by atoms with Crippen molar-refractivity contribution in [3.8, 4) is 0 Å². The Morgan fingerprint density at radius 1 is 1.24 bits per heavy atom. The third kappa shape index (κ3) is 5.71. The minimum atomic E-state index is -1.07. The fraction of sp³-hybridized carbons (Fsp3) is 0.500. The first-order chi connectivity index (χ1) is 13.9. The first kappa shape index (κ1) is 23.7. The normalized spacial score (nSPS) is 22.0. The van der Waals surface area contributed by atoms with Crippen molar-refractivity contribution >= 4 is 53.7 Å². The lowest BCUT2D eigenvalue weighted by Crippen LogP contribution is -2.48. The van der Waals surface area contributed by atoms with Crippen molar-refractivity contribution in [3.05, 3.63) is 35.9 Å². The molecule has 1 fully saturated rings. The van der Waals surface area contributed by atoms with E-state index in [4.69, 9.17) is 14.5 Å². The van der Waals surface area contributed by atoms with Crippen LogP contribution in [0.5, 0.6) is 0 Å². The van der Waals surface area contributed by atoms with Crippen LogP contribution in [0.15, 0.2) is 35.3 Å². The summed E-state index contributed by atoms with van der Waals surface area (Å²) in [5, 5.41) is 2.41. The fourth-order valence-corrected chi connectivity index (χ4v) is 5.33. The SMILES string of the molecule is COC(=O)[C@H](C[C@@]1(C(=O)OC)CCCC1=NC(SI)c1ccccc1)NC(C)=O. The number of carbonyl (C=O) groups excluding carboxylic acids is 3. The van der Waals surface area contributed by atoms with Gasteiger partial charge in [-0.25, -0.2) is 4.79 Å². The predicted octanol–water partition coefficient (Wildman–Crippen LogP) is 3.62. The first-order valence-corrected chi connectivity index (χ1v) is 12.6. The van der Waals surface area contributed by atoms with Crippen molar-refractivity contribution in [1.29, 1.82) is 0 Å². The predicted molar refractivity (Wildman–Crippen MR) is 121 cm³/mol. The summed E-state index contributed by atoms with van der Waals surface area (Å²) in [6.07, 6.45) is 1.93. The highest BCUT2D eigenvalue weighted by Crippen LogP contribution is 2.44. The molecule has 3 atom stereocenters. The van der Waals surface area contributed by atoms with Gasteiger partial charge in [0.05, 0.1) is 14.2 Å². The van der Waals surface area contributed by atoms with E-state index in [-0.39, 0.29) is 17.7 Å². The largest absolute Gasteiger partial charge is 0.468 e. The van der Waals surface area contributed by atoms with Gasteiger partial charge in [0.25, 0.3) is 0 Å². The van der Waals surface area contributed by atoms with Crippen LogP contribution in [-0.4, -0.2) is 43.8 Å². The van der Waals surface area contributed by atoms with E-state index in [1.54, 1.807) is 0 Å². The quantitative estimate of drug-likeness (QED) is 0.406. The number of hydrogen-bond donors (Lipinski definition) is 1. The van der Waals surface area contributed by atoms with Crippen LogP contribution in [0.25, 0.3) is 0 Å². The molecule has 1 saturated carbocycles. The molecule has 7 nitrogen and oxygen atoms in total. The van der Waals surface area contributed by atoms with Crippen molar-refractivity contribution in [3.63, 3.8) is 0 Å². The molecule has 1 aromatic carbocycles. The molecule has 0 radical (unpaired) electrons. The molecule has 0 aromatic heterocycles. The van der Waals surface area contributed by atoms with E-state index < -0.39 is 23.4 Å². The van der Waals surface area contributed by atoms with Gasteiger partial charge in [-0.15, -0.1) is 0 Å². The molecule has 1 aliphatic rings. The summed E-state index contributed by atoms with van der Waals surface area (Å²) in [4.78, 5) is 41.7. The molecule has 0 bridgehead atoms. The van der Waals surface area contributed by atoms with E-state index in [1.165, 1.54) is 30.1 Å². The van der Waals surface area contributed by atoms with Gasteiger partial charge in [-0.2, -0.15) is 0 Å². The summed E-state index contributed by atoms with van der Waals surface area (Å²) in [6, 6.07) is 8.85. The van der Waals surface area contributed by atoms with Crippen molar-refractivity contribution in [2.24, 2.45) is 10.4 Å². The molecule has 1 N–H and O–H groups in total. The highest BCUT2D eigenvalue weighted by molar-refractivity contribution is 14.2. The molecule has 29 heavy (non-hydrogen) atoms. The van der Waals surface area contributed by atoms with Gasteiger partial charge in [-0.3, -0.25) is 14.6 Å². The Labute approximate surface area is 187 Å². The number of nitrogens with zero attached hydrogens (tertiary/aromatic N) is 1. The van der Waals surface area contributed by atoms with Crippen molar-refractivity contribution < 1.29 is 23.9 Å². The number of hydrogen-bond acceptors (Lipinski definition) is 7. The Morgan fingerprint density at radius 2 is 1.93 bits per heavy atom. The average molecular weight is 532 g/mol. The third-order valence-electron chi connectivity index (χ3n) is 5.00. The number of carbonyl (C=O) groups is 3. The summed E-state index contributed by atoms with van der Waals surface area (Å²) in [6.45, 7) is 1.32. The molecule has 1 aromatic rings. The summed E-state index contributed by atoms with van der Waals surface area (Å²) in [5.41, 5.74) is 0.646. The maximum Gasteiger partial charge on any atom is 0.328 e. The number of benzene rings is 1. The average Bonchev–Trinajstić information content (AvgIpc) is 3.13. The lowest BCUT2D eigenvalue weighted by atomic mass is 9.78. The minimum Gasteiger partial charge on any atom is -0.468 e. The molecule has 158 valence electrons. The van der Waals surface area contributed by atoms with Gasteiger partial charge in [0.15, 0.2) is 0 Å². The maximum atomic E-state index is 12.9. The molecule has 0 aliphatic heterocycles. The monoisotopic (exact) mass is 532 g/mol. The maximum absolute atomic E-state index is 12.9. The summed E-state index contributed by atoms with van der Waals surface area (Å²) in [7, 11) is 4.12. The second kappa shape index (κ2) is 11.0. The van der Waals surface area contributed by atoms with E-state index in [2.05, 4.69) is 26.5 Å². The van der Waals surface area contributed by atoms with Crippen molar-refractivity contribution in [1.82, 2.24) is 5.32 Å². The van der Waals surface area contributed by atoms with Crippen molar-refractivity contribution in [2.45, 2.75) is 44.0 Å². The fourth-order valence-electron chi connectivity index (χ4n) is 3.68. The molecular weight excluding hydrogens is 507 g/mol. The van der Waals surface area contributed by atoms with Crippen LogP contribution in [-0.2, 0) is 23.9 Å². The number of aliphatic imine (C=N–C) groups is 1. The summed E-state index contributed by atoms with van der Waals surface area (Å²) >= 11 is 2.20. The molecule has 0 heterocycles. The van der Waals surface area contributed by atoms with Crippen LogP contribution < -0.4 is 5.32 Å². The molecule has 2 rings (SSSR count). The Morgan fingerprint density at radius 3 is 2.48 bits per heavy atom. The highest BCUT2D eigenvalue weighted by Gasteiger charge is 2.50. The number of nitrogens with one attached hydrogen (secondary N) is 1. The minimum absolute atomic E-state index is 0.0538. The zero-order chi connectivity index (χ0) is 21.4. The molecule has 0 saturated heterocycles. The Hall–Kier alpha value is -1.62. The first-order valence-electron chi connectivity index (χ1n) is 9.20. The van der Waals surface area contributed by atoms with Crippen LogP contribution in [0.1, 0.15) is 43.5 Å². The van der Waals surface area contributed by atoms with Gasteiger partial charge in [0, 0.05) is 12.6 Å². The molecule has 1 aliphatic carbocycles. The van der Waals surface area contributed by atoms with E-state index in [1.807, 2.05) is 30.3 Å². The number of ether oxygens (including phenoxy) is 2. The van der Waals surface area contributed by atoms with Gasteiger partial charge >= 0.3 is 11.9 Å². The number of halogens is 1. The number of rotatable bonds is 8. The molecule has 0 spiro atoms. The summed E-state index contributed by atoms with van der Waals surface area (Å²) < 4.78 is 9.95. The zero-order valence-electron chi connectivity index (χ0n) is 16.6. The third-order valence-corrected chi connectivity index (χ3v) is 7.00. The smallest absolute Gasteiger partial charge is 0.328 e. The van der Waals surface area contributed by atoms with E-state index in [0.717, 1.165) is 12.0 Å². The van der Waals surface area contributed by atoms with Gasteiger partial charge in [-0.05, 0) is 52.5 Å². The van der Waals surface area contributed by atoms with Crippen LogP contribution in [0.2, 0.25) is 0 Å². The van der Waals surface area contributed by atoms with Gasteiger partial charge in [0.1, 0.15) is 16.8 Å². The highest BCUT2D eigenvalue weighted by atomic mass is 127. The van der Waals surface area contributed by atoms with Crippen LogP contribution in [0.4, 0.5) is 0 Å². The molecule has 1 unspecified atom stereocenters. The Bertz CT molecular complexity index is 773. The Balaban J connectivity index is 2.45. The number of methoxy groups -OCH3 is 2. The van der Waals surface area contributed by atoms with Gasteiger partial charge < -0.3 is 14.8 Å². The van der Waals surface area contributed by atoms with Gasteiger partial charge in [0.2, 0.25) is 5.91 Å². The zero-order valence-corrected chi connectivity index (χ0v) is 19.6. The van der Waals surface area contributed by atoms with Gasteiger partial charge in [-0.1, -0.05) is 39.3 Å². The molecular formula is C20H25IN2O5S. The second-order valence-electron chi connectivity index (χ2n) is 6.84. The second-order valence-corrected chi connectivity index (χ2v) is 8.99. The van der Waals surface area contributed by atoms with E-state index in [9.17, 15) is 14.4 Å². The number of esters is 2. The standard InChI is InChI=1S/C20H25IN2O5S/c1-13(24)22-15(18(25)27-2)12-20(19(26)28-3)11-7-10-16(20)23-17(29-21)14-8-5-4-6-9-14/h4-6,8-9,15,17H,7,10-12H2,1-3H3,(H,22,24)/t15-,17?,20-/m0/s1. The topological polar surface area (TPSA) is 94.1 Å². The van der Waals surface area contributed by atoms with Crippen LogP contribution in [0.3, 0.4) is 0 Å². The number of amides is 1. The molecule has 1 amide bonds. The van der Waals surface area contributed by atoms with Crippen molar-refractivity contribution in [2.75, 3.05) is 14.2 Å².